The van der Waals surface area contributed by atoms with Crippen LogP contribution in [0.1, 0.15) is 13.3 Å². The van der Waals surface area contributed by atoms with Gasteiger partial charge in [-0.15, -0.1) is 0 Å². The number of Topliss-reactive ketones (excluding diaryl/α,β-unsaturated/α-hetero) is 1. The Bertz CT molecular complexity index is 206. The molecule has 2 unspecified atom stereocenters. The molecule has 0 heterocycles. The van der Waals surface area contributed by atoms with E-state index in [0.29, 0.717) is 0 Å². The largest absolute Gasteiger partial charge is 0.481 e. The Morgan fingerprint density at radius 1 is 1.64 bits per heavy atom. The van der Waals surface area contributed by atoms with E-state index in [0.717, 1.165) is 0 Å². The predicted molar refractivity (Wildman–Crippen MR) is 43.7 cm³/mol. The minimum Gasteiger partial charge on any atom is -0.481 e. The Kier molecular flexibility index (Phi) is 2.69. The highest BCUT2D eigenvalue weighted by atomic mass is 32.1. The molecule has 0 spiro atoms. The zero-order valence-corrected chi connectivity index (χ0v) is 7.13. The second-order valence-corrected chi connectivity index (χ2v) is 2.69. The van der Waals surface area contributed by atoms with Gasteiger partial charge in [0.05, 0.1) is 11.5 Å². The van der Waals surface area contributed by atoms with Crippen LogP contribution in [0.15, 0.2) is 0 Å². The summed E-state index contributed by atoms with van der Waals surface area (Å²) >= 11 is 0. The van der Waals surface area contributed by atoms with E-state index in [2.05, 4.69) is 0 Å². The highest BCUT2D eigenvalue weighted by Gasteiger charge is 2.59. The van der Waals surface area contributed by atoms with Gasteiger partial charge in [0.25, 0.3) is 0 Å². The number of aliphatic carboxylic acids is 1. The summed E-state index contributed by atoms with van der Waals surface area (Å²) in [6.07, 6.45) is 0.289. The van der Waals surface area contributed by atoms with Crippen molar-refractivity contribution in [2.75, 3.05) is 0 Å². The molecule has 1 saturated carbocycles. The summed E-state index contributed by atoms with van der Waals surface area (Å²) < 4.78 is 0. The van der Waals surface area contributed by atoms with E-state index in [4.69, 9.17) is 10.8 Å². The lowest BCUT2D eigenvalue weighted by Crippen LogP contribution is -2.35. The van der Waals surface area contributed by atoms with Gasteiger partial charge >= 0.3 is 5.97 Å². The maximum atomic E-state index is 10.7. The van der Waals surface area contributed by atoms with Crippen molar-refractivity contribution in [2.24, 2.45) is 11.7 Å². The Hall–Kier alpha value is -0.550. The summed E-state index contributed by atoms with van der Waals surface area (Å²) in [4.78, 5) is 20.9. The van der Waals surface area contributed by atoms with E-state index in [1.54, 1.807) is 0 Å². The lowest BCUT2D eigenvalue weighted by molar-refractivity contribution is -0.140. The SMILES string of the molecule is CC(=O)C1(N)CC1C(=O)O.S. The van der Waals surface area contributed by atoms with E-state index in [1.165, 1.54) is 6.92 Å². The highest BCUT2D eigenvalue weighted by Crippen LogP contribution is 2.41. The highest BCUT2D eigenvalue weighted by molar-refractivity contribution is 7.59. The van der Waals surface area contributed by atoms with Crippen molar-refractivity contribution in [3.05, 3.63) is 0 Å². The number of hydrogen-bond donors (Lipinski definition) is 2. The Morgan fingerprint density at radius 3 is 2.18 bits per heavy atom. The van der Waals surface area contributed by atoms with Crippen molar-refractivity contribution in [2.45, 2.75) is 18.9 Å². The maximum absolute atomic E-state index is 10.7. The van der Waals surface area contributed by atoms with E-state index in [-0.39, 0.29) is 25.7 Å². The molecular weight excluding hydrogens is 166 g/mol. The normalized spacial score (nSPS) is 33.8. The topological polar surface area (TPSA) is 80.4 Å². The predicted octanol–water partition coefficient (Wildman–Crippen LogP) is -0.510. The molecule has 1 fully saturated rings. The molecule has 0 aromatic carbocycles. The third-order valence-electron chi connectivity index (χ3n) is 1.96. The van der Waals surface area contributed by atoms with Gasteiger partial charge in [-0.25, -0.2) is 0 Å². The number of carbonyl (C=O) groups excluding carboxylic acids is 1. The molecule has 5 heteroatoms. The minimum absolute atomic E-state index is 0. The maximum Gasteiger partial charge on any atom is 0.308 e. The monoisotopic (exact) mass is 177 g/mol. The van der Waals surface area contributed by atoms with Crippen LogP contribution < -0.4 is 5.73 Å². The number of hydrogen-bond acceptors (Lipinski definition) is 3. The Labute approximate surface area is 71.2 Å². The van der Waals surface area contributed by atoms with E-state index < -0.39 is 17.4 Å². The molecule has 0 radical (unpaired) electrons. The first kappa shape index (κ1) is 10.4. The van der Waals surface area contributed by atoms with Gasteiger partial charge in [-0.2, -0.15) is 13.5 Å². The summed E-state index contributed by atoms with van der Waals surface area (Å²) in [6, 6.07) is 0. The first-order valence-electron chi connectivity index (χ1n) is 3.01. The van der Waals surface area contributed by atoms with Crippen molar-refractivity contribution < 1.29 is 14.7 Å². The number of nitrogens with two attached hydrogens (primary N) is 1. The molecule has 0 aromatic rings. The van der Waals surface area contributed by atoms with Crippen LogP contribution in [0, 0.1) is 5.92 Å². The number of ketones is 1. The molecule has 0 aromatic heterocycles. The molecule has 2 atom stereocenters. The van der Waals surface area contributed by atoms with Crippen LogP contribution in [0.5, 0.6) is 0 Å². The molecule has 3 N–H and O–H groups in total. The average molecular weight is 177 g/mol. The van der Waals surface area contributed by atoms with Crippen LogP contribution in [0.2, 0.25) is 0 Å². The standard InChI is InChI=1S/C6H9NO3.H2S/c1-3(8)6(7)2-4(6)5(9)10;/h4H,2,7H2,1H3,(H,9,10);1H2. The lowest BCUT2D eigenvalue weighted by atomic mass is 10.1. The molecule has 11 heavy (non-hydrogen) atoms. The average Bonchev–Trinajstić information content (AvgIpc) is 2.43. The van der Waals surface area contributed by atoms with Crippen molar-refractivity contribution in [3.8, 4) is 0 Å². The fourth-order valence-electron chi connectivity index (χ4n) is 0.976. The van der Waals surface area contributed by atoms with Gasteiger partial charge < -0.3 is 10.8 Å². The van der Waals surface area contributed by atoms with Gasteiger partial charge in [-0.1, -0.05) is 0 Å². The molecule has 1 aliphatic rings. The van der Waals surface area contributed by atoms with Gasteiger partial charge in [0, 0.05) is 0 Å². The fourth-order valence-corrected chi connectivity index (χ4v) is 0.976. The molecule has 0 saturated heterocycles. The summed E-state index contributed by atoms with van der Waals surface area (Å²) in [6.45, 7) is 1.32. The second kappa shape index (κ2) is 2.83. The molecule has 1 aliphatic carbocycles. The number of carbonyl (C=O) groups is 2. The van der Waals surface area contributed by atoms with Gasteiger partial charge in [-0.05, 0) is 13.3 Å². The Morgan fingerprint density at radius 2 is 2.09 bits per heavy atom. The van der Waals surface area contributed by atoms with Crippen LogP contribution in [0.4, 0.5) is 0 Å². The number of rotatable bonds is 2. The van der Waals surface area contributed by atoms with Crippen molar-refractivity contribution in [3.63, 3.8) is 0 Å². The van der Waals surface area contributed by atoms with Gasteiger partial charge in [-0.3, -0.25) is 9.59 Å². The first-order chi connectivity index (χ1) is 4.48. The van der Waals surface area contributed by atoms with Crippen LogP contribution in [-0.4, -0.2) is 22.4 Å². The van der Waals surface area contributed by atoms with Crippen LogP contribution in [-0.2, 0) is 9.59 Å². The summed E-state index contributed by atoms with van der Waals surface area (Å²) in [7, 11) is 0. The van der Waals surface area contributed by atoms with Crippen LogP contribution >= 0.6 is 13.5 Å². The summed E-state index contributed by atoms with van der Waals surface area (Å²) in [5.74, 6) is -1.86. The zero-order chi connectivity index (χ0) is 7.94. The second-order valence-electron chi connectivity index (χ2n) is 2.69. The molecular formula is C6H11NO3S. The molecule has 0 amide bonds. The van der Waals surface area contributed by atoms with Crippen LogP contribution in [0.3, 0.4) is 0 Å². The van der Waals surface area contributed by atoms with Crippen LogP contribution in [0.25, 0.3) is 0 Å². The molecule has 1 rings (SSSR count). The molecule has 0 bridgehead atoms. The number of carboxylic acid groups (broad SMARTS) is 1. The fraction of sp³-hybridized carbons (Fsp3) is 0.667. The first-order valence-corrected chi connectivity index (χ1v) is 3.01. The summed E-state index contributed by atoms with van der Waals surface area (Å²) in [5.41, 5.74) is 4.35. The molecule has 0 aliphatic heterocycles. The lowest BCUT2D eigenvalue weighted by Gasteiger charge is -2.01. The van der Waals surface area contributed by atoms with Crippen molar-refractivity contribution >= 4 is 25.2 Å². The van der Waals surface area contributed by atoms with E-state index in [9.17, 15) is 9.59 Å². The van der Waals surface area contributed by atoms with Gasteiger partial charge in [0.1, 0.15) is 5.78 Å². The van der Waals surface area contributed by atoms with E-state index >= 15 is 0 Å². The third-order valence-corrected chi connectivity index (χ3v) is 1.96. The third kappa shape index (κ3) is 1.54. The van der Waals surface area contributed by atoms with Gasteiger partial charge in [0.15, 0.2) is 0 Å². The summed E-state index contributed by atoms with van der Waals surface area (Å²) in [5, 5.41) is 8.41. The molecule has 64 valence electrons. The molecule has 4 nitrogen and oxygen atoms in total. The van der Waals surface area contributed by atoms with E-state index in [1.807, 2.05) is 0 Å². The van der Waals surface area contributed by atoms with Gasteiger partial charge in [0.2, 0.25) is 0 Å². The van der Waals surface area contributed by atoms with Crippen molar-refractivity contribution in [1.82, 2.24) is 0 Å². The number of carboxylic acids is 1. The quantitative estimate of drug-likeness (QED) is 0.595. The zero-order valence-electron chi connectivity index (χ0n) is 6.13. The Balaban J connectivity index is 0.000001000. The van der Waals surface area contributed by atoms with Crippen molar-refractivity contribution in [1.29, 1.82) is 0 Å². The smallest absolute Gasteiger partial charge is 0.308 e. The minimum atomic E-state index is -1.05.